The molecule has 1 aromatic carbocycles. The quantitative estimate of drug-likeness (QED) is 0.515. The van der Waals surface area contributed by atoms with Crippen LogP contribution in [0.3, 0.4) is 0 Å². The number of amides is 1. The highest BCUT2D eigenvalue weighted by Gasteiger charge is 2.62. The number of halogens is 2. The number of benzene rings is 1. The molecule has 1 unspecified atom stereocenters. The van der Waals surface area contributed by atoms with Crippen LogP contribution in [-0.4, -0.2) is 62.6 Å². The number of piperidine rings is 1. The van der Waals surface area contributed by atoms with Crippen molar-refractivity contribution in [1.29, 1.82) is 0 Å². The molecule has 0 radical (unpaired) electrons. The van der Waals surface area contributed by atoms with Crippen LogP contribution in [0, 0.1) is 12.8 Å². The summed E-state index contributed by atoms with van der Waals surface area (Å²) in [4.78, 5) is 35.0. The van der Waals surface area contributed by atoms with E-state index in [1.807, 2.05) is 29.9 Å². The van der Waals surface area contributed by atoms with Crippen LogP contribution >= 0.6 is 0 Å². The second-order valence-electron chi connectivity index (χ2n) is 9.17. The Morgan fingerprint density at radius 1 is 1.17 bits per heavy atom. The highest BCUT2D eigenvalue weighted by Crippen LogP contribution is 2.49. The molecule has 1 N–H and O–H groups in total. The van der Waals surface area contributed by atoms with Gasteiger partial charge in [0, 0.05) is 37.5 Å². The molecule has 3 heterocycles. The van der Waals surface area contributed by atoms with E-state index in [4.69, 9.17) is 4.74 Å². The third-order valence-electron chi connectivity index (χ3n) is 6.69. The van der Waals surface area contributed by atoms with Gasteiger partial charge in [-0.15, -0.1) is 0 Å². The lowest BCUT2D eigenvalue weighted by Crippen LogP contribution is -2.40. The first-order valence-electron chi connectivity index (χ1n) is 11.8. The first-order chi connectivity index (χ1) is 17.3. The molecule has 36 heavy (non-hydrogen) atoms. The first-order valence-corrected chi connectivity index (χ1v) is 11.8. The molecule has 0 spiro atoms. The summed E-state index contributed by atoms with van der Waals surface area (Å²) in [6.07, 6.45) is 6.12. The predicted octanol–water partition coefficient (Wildman–Crippen LogP) is 4.00. The van der Waals surface area contributed by atoms with E-state index < -0.39 is 23.7 Å². The minimum atomic E-state index is -2.84. The fourth-order valence-corrected chi connectivity index (χ4v) is 4.54. The summed E-state index contributed by atoms with van der Waals surface area (Å²) in [5.41, 5.74) is 3.16. The lowest BCUT2D eigenvalue weighted by molar-refractivity contribution is -0.136. The maximum atomic E-state index is 13.2. The van der Waals surface area contributed by atoms with Gasteiger partial charge in [-0.25, -0.2) is 23.5 Å². The van der Waals surface area contributed by atoms with Crippen molar-refractivity contribution in [2.24, 2.45) is 5.92 Å². The van der Waals surface area contributed by atoms with Gasteiger partial charge in [0.2, 0.25) is 11.9 Å². The zero-order valence-electron chi connectivity index (χ0n) is 19.9. The molecular weight excluding hydrogens is 470 g/mol. The normalized spacial score (nSPS) is 19.1. The fraction of sp³-hybridized carbons (Fsp3) is 0.400. The van der Waals surface area contributed by atoms with Crippen molar-refractivity contribution in [3.8, 4) is 11.3 Å². The van der Waals surface area contributed by atoms with E-state index in [0.717, 1.165) is 5.56 Å². The van der Waals surface area contributed by atoms with Crippen molar-refractivity contribution in [2.75, 3.05) is 25.5 Å². The van der Waals surface area contributed by atoms with Crippen LogP contribution in [0.25, 0.3) is 11.3 Å². The highest BCUT2D eigenvalue weighted by molar-refractivity contribution is 5.97. The molecule has 2 aliphatic rings. The number of hydrogen-bond donors (Lipinski definition) is 1. The molecule has 11 heteroatoms. The number of aryl methyl sites for hydroxylation is 1. The number of carbonyl (C=O) groups is 2. The molecule has 1 aliphatic carbocycles. The van der Waals surface area contributed by atoms with Crippen molar-refractivity contribution in [2.45, 2.75) is 38.2 Å². The lowest BCUT2D eigenvalue weighted by Gasteiger charge is -2.32. The Morgan fingerprint density at radius 3 is 2.58 bits per heavy atom. The summed E-state index contributed by atoms with van der Waals surface area (Å²) in [5.74, 6) is -4.52. The number of esters is 1. The minimum Gasteiger partial charge on any atom is -0.465 e. The van der Waals surface area contributed by atoms with Gasteiger partial charge in [-0.05, 0) is 31.4 Å². The molecule has 1 amide bonds. The van der Waals surface area contributed by atoms with Crippen LogP contribution in [0.1, 0.15) is 41.2 Å². The monoisotopic (exact) mass is 496 g/mol. The Kier molecular flexibility index (Phi) is 6.15. The van der Waals surface area contributed by atoms with Crippen molar-refractivity contribution in [1.82, 2.24) is 24.6 Å². The molecule has 1 saturated carbocycles. The van der Waals surface area contributed by atoms with Crippen molar-refractivity contribution >= 4 is 23.5 Å². The largest absolute Gasteiger partial charge is 0.465 e. The number of hydrogen-bond acceptors (Lipinski definition) is 7. The van der Waals surface area contributed by atoms with Gasteiger partial charge in [-0.1, -0.05) is 18.2 Å². The summed E-state index contributed by atoms with van der Waals surface area (Å²) in [6, 6.07) is 7.15. The van der Waals surface area contributed by atoms with Crippen molar-refractivity contribution in [3.05, 3.63) is 54.0 Å². The molecule has 1 saturated heterocycles. The fourth-order valence-electron chi connectivity index (χ4n) is 4.54. The maximum absolute atomic E-state index is 13.2. The Balaban J connectivity index is 1.26. The summed E-state index contributed by atoms with van der Waals surface area (Å²) < 4.78 is 33.2. The average molecular weight is 497 g/mol. The average Bonchev–Trinajstić information content (AvgIpc) is 3.29. The first kappa shape index (κ1) is 23.8. The molecule has 188 valence electrons. The van der Waals surface area contributed by atoms with Gasteiger partial charge in [-0.3, -0.25) is 9.48 Å². The van der Waals surface area contributed by atoms with Crippen molar-refractivity contribution < 1.29 is 23.1 Å². The summed E-state index contributed by atoms with van der Waals surface area (Å²) in [5, 5.41) is 7.59. The molecule has 3 aromatic rings. The number of ether oxygens (including phenoxy) is 1. The molecular formula is C25H26F2N6O3. The van der Waals surface area contributed by atoms with Crippen LogP contribution in [0.4, 0.5) is 20.4 Å². The third kappa shape index (κ3) is 4.65. The topological polar surface area (TPSA) is 102 Å². The van der Waals surface area contributed by atoms with Gasteiger partial charge in [0.25, 0.3) is 5.92 Å². The summed E-state index contributed by atoms with van der Waals surface area (Å²) in [7, 11) is 1.34. The molecule has 2 aromatic heterocycles. The van der Waals surface area contributed by atoms with Crippen LogP contribution in [0.15, 0.2) is 42.9 Å². The number of methoxy groups -OCH3 is 1. The molecule has 2 fully saturated rings. The molecule has 0 bridgehead atoms. The molecule has 1 atom stereocenters. The number of likely N-dealkylation sites (tertiary alicyclic amines) is 1. The number of nitrogens with one attached hydrogen (secondary N) is 1. The van der Waals surface area contributed by atoms with E-state index in [0.29, 0.717) is 54.4 Å². The van der Waals surface area contributed by atoms with Gasteiger partial charge >= 0.3 is 5.97 Å². The van der Waals surface area contributed by atoms with E-state index in [-0.39, 0.29) is 12.5 Å². The zero-order valence-corrected chi connectivity index (χ0v) is 19.9. The molecule has 1 aliphatic heterocycles. The van der Waals surface area contributed by atoms with Crippen molar-refractivity contribution in [3.63, 3.8) is 0 Å². The maximum Gasteiger partial charge on any atom is 0.338 e. The van der Waals surface area contributed by atoms with Gasteiger partial charge in [0.15, 0.2) is 0 Å². The van der Waals surface area contributed by atoms with Crippen LogP contribution in [0.5, 0.6) is 0 Å². The van der Waals surface area contributed by atoms with E-state index in [1.165, 1.54) is 7.11 Å². The van der Waals surface area contributed by atoms with E-state index >= 15 is 0 Å². The number of alkyl halides is 2. The van der Waals surface area contributed by atoms with Gasteiger partial charge < -0.3 is 15.0 Å². The smallest absolute Gasteiger partial charge is 0.338 e. The lowest BCUT2D eigenvalue weighted by atomic mass is 10.0. The zero-order chi connectivity index (χ0) is 25.4. The molecule has 5 rings (SSSR count). The van der Waals surface area contributed by atoms with Crippen LogP contribution in [-0.2, 0) is 9.53 Å². The Morgan fingerprint density at radius 2 is 1.89 bits per heavy atom. The second kappa shape index (κ2) is 9.29. The number of rotatable bonds is 6. The Bertz CT molecular complexity index is 1300. The second-order valence-corrected chi connectivity index (χ2v) is 9.17. The van der Waals surface area contributed by atoms with E-state index in [9.17, 15) is 18.4 Å². The standard InChI is InChI=1S/C25H26F2N6O3/c1-15-12-28-24(31-21(15)18-5-3-4-6-19(18)23(35)36-2)30-16-13-29-33(14-16)17-7-9-32(10-8-17)22(34)20-11-25(20,26)27/h3-6,12-14,17,20H,7-11H2,1-2H3,(H,28,30,31). The van der Waals surface area contributed by atoms with Gasteiger partial charge in [0.05, 0.1) is 36.3 Å². The number of nitrogens with zero attached hydrogens (tertiary/aromatic N) is 5. The number of anilines is 2. The minimum absolute atomic E-state index is 0.0609. The summed E-state index contributed by atoms with van der Waals surface area (Å²) >= 11 is 0. The predicted molar refractivity (Wildman–Crippen MR) is 127 cm³/mol. The Hall–Kier alpha value is -3.89. The number of aromatic nitrogens is 4. The molecule has 9 nitrogen and oxygen atoms in total. The van der Waals surface area contributed by atoms with Gasteiger partial charge in [0.1, 0.15) is 5.92 Å². The van der Waals surface area contributed by atoms with E-state index in [1.54, 1.807) is 29.4 Å². The number of carbonyl (C=O) groups excluding carboxylic acids is 2. The van der Waals surface area contributed by atoms with Crippen LogP contribution in [0.2, 0.25) is 0 Å². The third-order valence-corrected chi connectivity index (χ3v) is 6.69. The summed E-state index contributed by atoms with van der Waals surface area (Å²) in [6.45, 7) is 2.73. The van der Waals surface area contributed by atoms with E-state index in [2.05, 4.69) is 20.4 Å². The van der Waals surface area contributed by atoms with Crippen LogP contribution < -0.4 is 5.32 Å². The van der Waals surface area contributed by atoms with Gasteiger partial charge in [-0.2, -0.15) is 5.10 Å². The SMILES string of the molecule is COC(=O)c1ccccc1-c1nc(Nc2cnn(C3CCN(C(=O)C4CC4(F)F)CC3)c2)ncc1C. The Labute approximate surface area is 206 Å². The highest BCUT2D eigenvalue weighted by atomic mass is 19.3.